The number of carbonyl (C=O) groups excluding carboxylic acids is 1. The number of thiazole rings is 1. The van der Waals surface area contributed by atoms with Gasteiger partial charge in [0, 0.05) is 24.9 Å². The van der Waals surface area contributed by atoms with Crippen LogP contribution in [0.25, 0.3) is 10.2 Å². The lowest BCUT2D eigenvalue weighted by Crippen LogP contribution is -2.32. The topological polar surface area (TPSA) is 114 Å². The van der Waals surface area contributed by atoms with Gasteiger partial charge >= 0.3 is 0 Å². The lowest BCUT2D eigenvalue weighted by Gasteiger charge is -2.21. The highest BCUT2D eigenvalue weighted by atomic mass is 32.2. The maximum atomic E-state index is 12.9. The minimum Gasteiger partial charge on any atom is -0.298 e. The van der Waals surface area contributed by atoms with Crippen LogP contribution in [-0.2, 0) is 19.9 Å². The van der Waals surface area contributed by atoms with Crippen molar-refractivity contribution in [2.24, 2.45) is 0 Å². The quantitative estimate of drug-likeness (QED) is 0.483. The predicted octanol–water partition coefficient (Wildman–Crippen LogP) is 3.76. The Bertz CT molecular complexity index is 1320. The molecule has 0 bridgehead atoms. The van der Waals surface area contributed by atoms with Crippen molar-refractivity contribution in [3.63, 3.8) is 0 Å². The van der Waals surface area contributed by atoms with Gasteiger partial charge < -0.3 is 0 Å². The molecular formula is C21H25N3O5S3. The van der Waals surface area contributed by atoms with Gasteiger partial charge in [-0.3, -0.25) is 10.1 Å². The second-order valence-electron chi connectivity index (χ2n) is 7.30. The monoisotopic (exact) mass is 495 g/mol. The van der Waals surface area contributed by atoms with Crippen LogP contribution in [0.1, 0.15) is 37.0 Å². The fraction of sp³-hybridized carbons (Fsp3) is 0.333. The number of benzene rings is 2. The molecule has 0 saturated carbocycles. The Kier molecular flexibility index (Phi) is 7.33. The molecule has 3 aromatic rings. The van der Waals surface area contributed by atoms with E-state index in [2.05, 4.69) is 10.3 Å². The van der Waals surface area contributed by atoms with Gasteiger partial charge in [-0.05, 0) is 55.3 Å². The maximum Gasteiger partial charge on any atom is 0.257 e. The largest absolute Gasteiger partial charge is 0.298 e. The van der Waals surface area contributed by atoms with Crippen LogP contribution in [0.4, 0.5) is 5.13 Å². The van der Waals surface area contributed by atoms with Crippen molar-refractivity contribution in [3.8, 4) is 0 Å². The second kappa shape index (κ2) is 9.65. The average molecular weight is 496 g/mol. The number of nitrogens with one attached hydrogen (secondary N) is 1. The first-order chi connectivity index (χ1) is 15.1. The number of sulfone groups is 1. The molecule has 0 fully saturated rings. The van der Waals surface area contributed by atoms with Gasteiger partial charge in [-0.1, -0.05) is 25.2 Å². The third-order valence-corrected chi connectivity index (χ3v) is 8.67. The van der Waals surface area contributed by atoms with E-state index in [-0.39, 0.29) is 15.4 Å². The third-order valence-electron chi connectivity index (χ3n) is 4.71. The van der Waals surface area contributed by atoms with E-state index >= 15 is 0 Å². The SMILES string of the molecule is CCCN(CCC)S(=O)(=O)c1ccc(C(=O)Nc2nc3ccc(S(C)(=O)=O)cc3s2)cc1. The van der Waals surface area contributed by atoms with Crippen LogP contribution in [-0.4, -0.2) is 51.4 Å². The van der Waals surface area contributed by atoms with Gasteiger partial charge in [0.25, 0.3) is 5.91 Å². The molecule has 0 aliphatic rings. The van der Waals surface area contributed by atoms with E-state index in [1.807, 2.05) is 13.8 Å². The van der Waals surface area contributed by atoms with Crippen molar-refractivity contribution < 1.29 is 21.6 Å². The Balaban J connectivity index is 1.79. The van der Waals surface area contributed by atoms with Crippen molar-refractivity contribution in [1.82, 2.24) is 9.29 Å². The highest BCUT2D eigenvalue weighted by Crippen LogP contribution is 2.28. The molecule has 172 valence electrons. The van der Waals surface area contributed by atoms with Crippen LogP contribution in [0.15, 0.2) is 52.3 Å². The van der Waals surface area contributed by atoms with Crippen LogP contribution in [0, 0.1) is 0 Å². The minimum absolute atomic E-state index is 0.143. The maximum absolute atomic E-state index is 12.9. The van der Waals surface area contributed by atoms with E-state index < -0.39 is 25.8 Å². The van der Waals surface area contributed by atoms with Gasteiger partial charge in [-0.15, -0.1) is 0 Å². The second-order valence-corrected chi connectivity index (χ2v) is 12.3. The first-order valence-corrected chi connectivity index (χ1v) is 14.2. The van der Waals surface area contributed by atoms with E-state index in [0.717, 1.165) is 17.6 Å². The smallest absolute Gasteiger partial charge is 0.257 e. The van der Waals surface area contributed by atoms with Gasteiger partial charge in [-0.2, -0.15) is 4.31 Å². The number of anilines is 1. The molecule has 0 aliphatic carbocycles. The highest BCUT2D eigenvalue weighted by molar-refractivity contribution is 7.90. The summed E-state index contributed by atoms with van der Waals surface area (Å²) in [6, 6.07) is 10.4. The molecule has 3 rings (SSSR count). The molecule has 1 aromatic heterocycles. The molecule has 0 aliphatic heterocycles. The van der Waals surface area contributed by atoms with Crippen molar-refractivity contribution in [1.29, 1.82) is 0 Å². The summed E-state index contributed by atoms with van der Waals surface area (Å²) < 4.78 is 51.3. The molecule has 0 radical (unpaired) electrons. The summed E-state index contributed by atoms with van der Waals surface area (Å²) in [5.41, 5.74) is 0.864. The zero-order valence-electron chi connectivity index (χ0n) is 18.0. The van der Waals surface area contributed by atoms with Crippen molar-refractivity contribution in [2.45, 2.75) is 36.5 Å². The van der Waals surface area contributed by atoms with Crippen molar-refractivity contribution in [3.05, 3.63) is 48.0 Å². The van der Waals surface area contributed by atoms with E-state index in [1.54, 1.807) is 6.07 Å². The highest BCUT2D eigenvalue weighted by Gasteiger charge is 2.23. The summed E-state index contributed by atoms with van der Waals surface area (Å²) in [6.45, 7) is 4.74. The molecule has 32 heavy (non-hydrogen) atoms. The van der Waals surface area contributed by atoms with Gasteiger partial charge in [-0.25, -0.2) is 21.8 Å². The normalized spacial score (nSPS) is 12.4. The number of carbonyl (C=O) groups is 1. The standard InChI is InChI=1S/C21H25N3O5S3/c1-4-12-24(13-5-2)32(28,29)16-8-6-15(7-9-16)20(25)23-21-22-18-11-10-17(31(3,26)27)14-19(18)30-21/h6-11,14H,4-5,12-13H2,1-3H3,(H,22,23,25). The third kappa shape index (κ3) is 5.34. The van der Waals surface area contributed by atoms with Gasteiger partial charge in [0.2, 0.25) is 10.0 Å². The van der Waals surface area contributed by atoms with Crippen LogP contribution >= 0.6 is 11.3 Å². The summed E-state index contributed by atoms with van der Waals surface area (Å²) in [7, 11) is -6.96. The first kappa shape index (κ1) is 24.3. The number of amides is 1. The molecule has 8 nitrogen and oxygen atoms in total. The first-order valence-electron chi connectivity index (χ1n) is 10.1. The van der Waals surface area contributed by atoms with Crippen molar-refractivity contribution in [2.75, 3.05) is 24.7 Å². The van der Waals surface area contributed by atoms with Crippen molar-refractivity contribution >= 4 is 52.5 Å². The fourth-order valence-corrected chi connectivity index (χ4v) is 6.38. The molecule has 2 aromatic carbocycles. The summed E-state index contributed by atoms with van der Waals surface area (Å²) in [6.07, 6.45) is 2.56. The summed E-state index contributed by atoms with van der Waals surface area (Å²) >= 11 is 1.16. The Morgan fingerprint density at radius 1 is 0.969 bits per heavy atom. The van der Waals surface area contributed by atoms with E-state index in [4.69, 9.17) is 0 Å². The zero-order valence-corrected chi connectivity index (χ0v) is 20.5. The molecule has 1 amide bonds. The Hall–Kier alpha value is -2.34. The minimum atomic E-state index is -3.62. The molecule has 11 heteroatoms. The van der Waals surface area contributed by atoms with Crippen LogP contribution in [0.2, 0.25) is 0 Å². The Labute approximate surface area is 192 Å². The Morgan fingerprint density at radius 2 is 1.56 bits per heavy atom. The number of aromatic nitrogens is 1. The lowest BCUT2D eigenvalue weighted by atomic mass is 10.2. The average Bonchev–Trinajstić information content (AvgIpc) is 3.14. The lowest BCUT2D eigenvalue weighted by molar-refractivity contribution is 0.102. The van der Waals surface area contributed by atoms with Crippen LogP contribution < -0.4 is 5.32 Å². The molecule has 0 atom stereocenters. The zero-order chi connectivity index (χ0) is 23.5. The molecule has 0 spiro atoms. The number of sulfonamides is 1. The molecular weight excluding hydrogens is 470 g/mol. The van der Waals surface area contributed by atoms with E-state index in [1.165, 1.54) is 40.7 Å². The fourth-order valence-electron chi connectivity index (χ4n) is 3.14. The number of hydrogen-bond donors (Lipinski definition) is 1. The molecule has 1 N–H and O–H groups in total. The Morgan fingerprint density at radius 3 is 2.12 bits per heavy atom. The van der Waals surface area contributed by atoms with Crippen LogP contribution in [0.3, 0.4) is 0 Å². The van der Waals surface area contributed by atoms with Gasteiger partial charge in [0.05, 0.1) is 20.0 Å². The number of rotatable bonds is 9. The summed E-state index contributed by atoms with van der Waals surface area (Å²) in [4.78, 5) is 17.3. The number of hydrogen-bond acceptors (Lipinski definition) is 7. The number of fused-ring (bicyclic) bond motifs is 1. The van der Waals surface area contributed by atoms with Gasteiger partial charge in [0.1, 0.15) is 0 Å². The predicted molar refractivity (Wildman–Crippen MR) is 126 cm³/mol. The molecule has 0 unspecified atom stereocenters. The van der Waals surface area contributed by atoms with Crippen LogP contribution in [0.5, 0.6) is 0 Å². The molecule has 1 heterocycles. The van der Waals surface area contributed by atoms with Gasteiger partial charge in [0.15, 0.2) is 15.0 Å². The van der Waals surface area contributed by atoms with E-state index in [0.29, 0.717) is 41.3 Å². The number of nitrogens with zero attached hydrogens (tertiary/aromatic N) is 2. The van der Waals surface area contributed by atoms with E-state index in [9.17, 15) is 21.6 Å². The molecule has 0 saturated heterocycles. The summed E-state index contributed by atoms with van der Waals surface area (Å²) in [5, 5.41) is 3.01. The summed E-state index contributed by atoms with van der Waals surface area (Å²) in [5.74, 6) is -0.435.